The molecule has 0 saturated carbocycles. The number of hydrogen-bond acceptors (Lipinski definition) is 5. The minimum absolute atomic E-state index is 0.0446. The van der Waals surface area contributed by atoms with Crippen LogP contribution in [-0.2, 0) is 26.2 Å². The third kappa shape index (κ3) is 7.73. The Kier molecular flexibility index (Phi) is 9.81. The van der Waals surface area contributed by atoms with Crippen LogP contribution in [0.4, 0.5) is 10.1 Å². The number of anilines is 1. The maximum atomic E-state index is 13.9. The van der Waals surface area contributed by atoms with Crippen LogP contribution in [0.15, 0.2) is 77.7 Å². The minimum Gasteiger partial charge on any atom is -0.497 e. The molecule has 3 aromatic rings. The molecule has 0 aliphatic heterocycles. The molecule has 3 rings (SSSR count). The van der Waals surface area contributed by atoms with Gasteiger partial charge < -0.3 is 15.0 Å². The van der Waals surface area contributed by atoms with E-state index in [0.29, 0.717) is 16.3 Å². The summed E-state index contributed by atoms with van der Waals surface area (Å²) >= 11 is 6.37. The largest absolute Gasteiger partial charge is 0.497 e. The summed E-state index contributed by atoms with van der Waals surface area (Å²) in [6.45, 7) is 6.31. The zero-order valence-electron chi connectivity index (χ0n) is 23.0. The third-order valence-electron chi connectivity index (χ3n) is 6.00. The molecule has 0 saturated heterocycles. The molecule has 40 heavy (non-hydrogen) atoms. The number of benzene rings is 3. The Morgan fingerprint density at radius 1 is 1.00 bits per heavy atom. The number of carbonyl (C=O) groups is 2. The van der Waals surface area contributed by atoms with E-state index >= 15 is 0 Å². The SMILES string of the molecule is COc1ccc(S(=O)(=O)N(CC(=O)N(Cc2ccccc2Cl)[C@@H](C)C(=O)NC(C)(C)C)c2ccc(F)cc2)cc1. The predicted molar refractivity (Wildman–Crippen MR) is 153 cm³/mol. The molecule has 0 bridgehead atoms. The molecule has 0 heterocycles. The van der Waals surface area contributed by atoms with E-state index in [1.807, 2.05) is 20.8 Å². The maximum Gasteiger partial charge on any atom is 0.264 e. The van der Waals surface area contributed by atoms with E-state index in [-0.39, 0.29) is 17.1 Å². The number of nitrogens with zero attached hydrogens (tertiary/aromatic N) is 2. The minimum atomic E-state index is -4.30. The zero-order chi connectivity index (χ0) is 29.7. The van der Waals surface area contributed by atoms with E-state index in [4.69, 9.17) is 16.3 Å². The van der Waals surface area contributed by atoms with E-state index in [1.165, 1.54) is 48.4 Å². The normalized spacial score (nSPS) is 12.4. The van der Waals surface area contributed by atoms with Crippen LogP contribution in [0.5, 0.6) is 5.75 Å². The summed E-state index contributed by atoms with van der Waals surface area (Å²) in [6.07, 6.45) is 0. The first-order chi connectivity index (χ1) is 18.7. The summed E-state index contributed by atoms with van der Waals surface area (Å²) in [4.78, 5) is 28.2. The van der Waals surface area contributed by atoms with Gasteiger partial charge in [0.05, 0.1) is 17.7 Å². The fourth-order valence-electron chi connectivity index (χ4n) is 3.88. The molecule has 2 amide bonds. The molecular weight excluding hydrogens is 557 g/mol. The number of methoxy groups -OCH3 is 1. The molecule has 11 heteroatoms. The highest BCUT2D eigenvalue weighted by Crippen LogP contribution is 2.27. The van der Waals surface area contributed by atoms with E-state index < -0.39 is 45.8 Å². The third-order valence-corrected chi connectivity index (χ3v) is 8.16. The van der Waals surface area contributed by atoms with Gasteiger partial charge in [0, 0.05) is 17.1 Å². The smallest absolute Gasteiger partial charge is 0.264 e. The lowest BCUT2D eigenvalue weighted by Gasteiger charge is -2.33. The first kappa shape index (κ1) is 30.9. The van der Waals surface area contributed by atoms with Crippen LogP contribution < -0.4 is 14.4 Å². The van der Waals surface area contributed by atoms with Crippen molar-refractivity contribution in [2.45, 2.75) is 50.7 Å². The highest BCUT2D eigenvalue weighted by molar-refractivity contribution is 7.92. The van der Waals surface area contributed by atoms with Crippen LogP contribution >= 0.6 is 11.6 Å². The topological polar surface area (TPSA) is 96.0 Å². The van der Waals surface area contributed by atoms with Gasteiger partial charge in [0.25, 0.3) is 10.0 Å². The van der Waals surface area contributed by atoms with Gasteiger partial charge in [-0.2, -0.15) is 0 Å². The second-order valence-electron chi connectivity index (χ2n) is 10.2. The van der Waals surface area contributed by atoms with Crippen molar-refractivity contribution < 1.29 is 27.1 Å². The van der Waals surface area contributed by atoms with Crippen LogP contribution in [0.1, 0.15) is 33.3 Å². The molecule has 1 atom stereocenters. The average Bonchev–Trinajstić information content (AvgIpc) is 2.90. The number of carbonyl (C=O) groups excluding carboxylic acids is 2. The fraction of sp³-hybridized carbons (Fsp3) is 0.310. The molecule has 0 aliphatic carbocycles. The fourth-order valence-corrected chi connectivity index (χ4v) is 5.49. The van der Waals surface area contributed by atoms with Gasteiger partial charge in [-0.05, 0) is 87.9 Å². The molecular formula is C29H33ClFN3O5S. The van der Waals surface area contributed by atoms with Gasteiger partial charge in [0.2, 0.25) is 11.8 Å². The highest BCUT2D eigenvalue weighted by Gasteiger charge is 2.33. The predicted octanol–water partition coefficient (Wildman–Crippen LogP) is 5.02. The molecule has 0 radical (unpaired) electrons. The number of nitrogens with one attached hydrogen (secondary N) is 1. The van der Waals surface area contributed by atoms with E-state index in [9.17, 15) is 22.4 Å². The second-order valence-corrected chi connectivity index (χ2v) is 12.5. The monoisotopic (exact) mass is 589 g/mol. The number of hydrogen-bond donors (Lipinski definition) is 1. The molecule has 1 N–H and O–H groups in total. The highest BCUT2D eigenvalue weighted by atomic mass is 35.5. The quantitative estimate of drug-likeness (QED) is 0.358. The van der Waals surface area contributed by atoms with Crippen LogP contribution in [0.2, 0.25) is 5.02 Å². The Balaban J connectivity index is 2.04. The van der Waals surface area contributed by atoms with Crippen molar-refractivity contribution in [3.05, 3.63) is 89.2 Å². The van der Waals surface area contributed by atoms with E-state index in [0.717, 1.165) is 16.4 Å². The summed E-state index contributed by atoms with van der Waals surface area (Å²) in [7, 11) is -2.84. The lowest BCUT2D eigenvalue weighted by Crippen LogP contribution is -2.54. The van der Waals surface area contributed by atoms with Crippen molar-refractivity contribution in [2.24, 2.45) is 0 Å². The summed E-state index contributed by atoms with van der Waals surface area (Å²) in [6, 6.07) is 16.4. The van der Waals surface area contributed by atoms with Crippen LogP contribution in [0.25, 0.3) is 0 Å². The van der Waals surface area contributed by atoms with Crippen molar-refractivity contribution in [1.82, 2.24) is 10.2 Å². The standard InChI is InChI=1S/C29H33ClFN3O5S/c1-20(28(36)32-29(2,3)4)33(18-21-8-6-7-9-26(21)30)27(35)19-34(23-12-10-22(31)11-13-23)40(37,38)25-16-14-24(39-5)15-17-25/h6-17,20H,18-19H2,1-5H3,(H,32,36)/t20-/m0/s1. The number of halogens is 2. The molecule has 0 aliphatic rings. The van der Waals surface area contributed by atoms with Crippen molar-refractivity contribution >= 4 is 39.1 Å². The number of amides is 2. The van der Waals surface area contributed by atoms with Crippen molar-refractivity contribution in [1.29, 1.82) is 0 Å². The number of sulfonamides is 1. The van der Waals surface area contributed by atoms with E-state index in [2.05, 4.69) is 5.32 Å². The number of ether oxygens (including phenoxy) is 1. The van der Waals surface area contributed by atoms with Crippen LogP contribution in [0, 0.1) is 5.82 Å². The van der Waals surface area contributed by atoms with Gasteiger partial charge in [-0.1, -0.05) is 29.8 Å². The van der Waals surface area contributed by atoms with Crippen molar-refractivity contribution in [2.75, 3.05) is 18.0 Å². The number of rotatable bonds is 10. The molecule has 0 unspecified atom stereocenters. The first-order valence-corrected chi connectivity index (χ1v) is 14.3. The Hall–Kier alpha value is -3.63. The van der Waals surface area contributed by atoms with Crippen LogP contribution in [-0.4, -0.2) is 50.4 Å². The summed E-state index contributed by atoms with van der Waals surface area (Å²) in [5.41, 5.74) is 0.0943. The van der Waals surface area contributed by atoms with Gasteiger partial charge >= 0.3 is 0 Å². The molecule has 214 valence electrons. The maximum absolute atomic E-state index is 13.9. The van der Waals surface area contributed by atoms with E-state index in [1.54, 1.807) is 31.2 Å². The first-order valence-electron chi connectivity index (χ1n) is 12.5. The second kappa shape index (κ2) is 12.7. The molecule has 8 nitrogen and oxygen atoms in total. The van der Waals surface area contributed by atoms with Crippen molar-refractivity contribution in [3.63, 3.8) is 0 Å². The Labute approximate surface area is 239 Å². The summed E-state index contributed by atoms with van der Waals surface area (Å²) in [5.74, 6) is -1.19. The summed E-state index contributed by atoms with van der Waals surface area (Å²) in [5, 5.41) is 3.26. The Bertz CT molecular complexity index is 1440. The van der Waals surface area contributed by atoms with Crippen molar-refractivity contribution in [3.8, 4) is 5.75 Å². The Morgan fingerprint density at radius 2 is 1.60 bits per heavy atom. The van der Waals surface area contributed by atoms with Gasteiger partial charge in [-0.3, -0.25) is 13.9 Å². The molecule has 0 aromatic heterocycles. The van der Waals surface area contributed by atoms with Gasteiger partial charge in [-0.25, -0.2) is 12.8 Å². The van der Waals surface area contributed by atoms with Crippen LogP contribution in [0.3, 0.4) is 0 Å². The van der Waals surface area contributed by atoms with Gasteiger partial charge in [0.15, 0.2) is 0 Å². The molecule has 0 fully saturated rings. The average molecular weight is 590 g/mol. The molecule has 0 spiro atoms. The van der Waals surface area contributed by atoms with Gasteiger partial charge in [0.1, 0.15) is 24.2 Å². The zero-order valence-corrected chi connectivity index (χ0v) is 24.6. The lowest BCUT2D eigenvalue weighted by atomic mass is 10.1. The van der Waals surface area contributed by atoms with Gasteiger partial charge in [-0.15, -0.1) is 0 Å². The Morgan fingerprint density at radius 3 is 2.15 bits per heavy atom. The lowest BCUT2D eigenvalue weighted by molar-refractivity contribution is -0.140. The molecule has 3 aromatic carbocycles. The summed E-state index contributed by atoms with van der Waals surface area (Å²) < 4.78 is 47.4.